The maximum atomic E-state index is 12.0. The number of amides is 1. The Morgan fingerprint density at radius 1 is 1.11 bits per heavy atom. The van der Waals surface area contributed by atoms with E-state index in [0.717, 1.165) is 50.6 Å². The lowest BCUT2D eigenvalue weighted by Gasteiger charge is -2.29. The third kappa shape index (κ3) is 6.95. The van der Waals surface area contributed by atoms with Crippen molar-refractivity contribution in [2.45, 2.75) is 64.7 Å². The third-order valence-corrected chi connectivity index (χ3v) is 4.44. The van der Waals surface area contributed by atoms with E-state index < -0.39 is 0 Å². The van der Waals surface area contributed by atoms with Crippen molar-refractivity contribution in [2.24, 2.45) is 17.6 Å². The highest BCUT2D eigenvalue weighted by Gasteiger charge is 2.20. The highest BCUT2D eigenvalue weighted by molar-refractivity contribution is 5.75. The molecule has 0 aromatic carbocycles. The van der Waals surface area contributed by atoms with Gasteiger partial charge < -0.3 is 10.6 Å². The van der Waals surface area contributed by atoms with Crippen molar-refractivity contribution in [3.8, 4) is 0 Å². The molecule has 3 heteroatoms. The van der Waals surface area contributed by atoms with Crippen LogP contribution in [0.1, 0.15) is 64.7 Å². The zero-order valence-corrected chi connectivity index (χ0v) is 12.9. The lowest BCUT2D eigenvalue weighted by Crippen LogP contribution is -2.33. The molecule has 1 aliphatic carbocycles. The monoisotopic (exact) mass is 268 g/mol. The lowest BCUT2D eigenvalue weighted by atomic mass is 9.83. The molecule has 1 fully saturated rings. The summed E-state index contributed by atoms with van der Waals surface area (Å²) in [4.78, 5) is 14.0. The van der Waals surface area contributed by atoms with Crippen LogP contribution in [0.2, 0.25) is 0 Å². The van der Waals surface area contributed by atoms with Crippen molar-refractivity contribution in [1.29, 1.82) is 0 Å². The Morgan fingerprint density at radius 3 is 2.37 bits per heavy atom. The number of unbranched alkanes of at least 4 members (excludes halogenated alkanes) is 3. The van der Waals surface area contributed by atoms with E-state index in [-0.39, 0.29) is 0 Å². The Labute approximate surface area is 118 Å². The molecule has 0 atom stereocenters. The van der Waals surface area contributed by atoms with Crippen LogP contribution in [0.5, 0.6) is 0 Å². The summed E-state index contributed by atoms with van der Waals surface area (Å²) in [5, 5.41) is 0. The number of carbonyl (C=O) groups excluding carboxylic acids is 1. The first-order chi connectivity index (χ1) is 9.13. The highest BCUT2D eigenvalue weighted by atomic mass is 16.2. The van der Waals surface area contributed by atoms with Crippen molar-refractivity contribution >= 4 is 5.91 Å². The molecular formula is C16H32N2O. The first kappa shape index (κ1) is 16.5. The van der Waals surface area contributed by atoms with Crippen LogP contribution in [-0.2, 0) is 4.79 Å². The fraction of sp³-hybridized carbons (Fsp3) is 0.938. The van der Waals surface area contributed by atoms with Gasteiger partial charge in [-0.25, -0.2) is 0 Å². The minimum atomic E-state index is 0.325. The third-order valence-electron chi connectivity index (χ3n) is 4.44. The Morgan fingerprint density at radius 2 is 1.74 bits per heavy atom. The molecule has 0 spiro atoms. The summed E-state index contributed by atoms with van der Waals surface area (Å²) in [7, 11) is 1.97. The van der Waals surface area contributed by atoms with Gasteiger partial charge in [-0.1, -0.05) is 32.6 Å². The molecule has 19 heavy (non-hydrogen) atoms. The smallest absolute Gasteiger partial charge is 0.222 e. The summed E-state index contributed by atoms with van der Waals surface area (Å²) in [6, 6.07) is 0. The number of rotatable bonds is 8. The van der Waals surface area contributed by atoms with E-state index in [0.29, 0.717) is 12.3 Å². The average molecular weight is 268 g/mol. The van der Waals surface area contributed by atoms with Gasteiger partial charge in [0.25, 0.3) is 0 Å². The molecule has 1 amide bonds. The molecular weight excluding hydrogens is 236 g/mol. The van der Waals surface area contributed by atoms with Crippen LogP contribution in [0.15, 0.2) is 0 Å². The zero-order chi connectivity index (χ0) is 14.1. The number of nitrogens with zero attached hydrogens (tertiary/aromatic N) is 1. The molecule has 1 rings (SSSR count). The maximum Gasteiger partial charge on any atom is 0.222 e. The molecule has 0 bridgehead atoms. The average Bonchev–Trinajstić information content (AvgIpc) is 2.41. The summed E-state index contributed by atoms with van der Waals surface area (Å²) in [6.45, 7) is 4.08. The van der Waals surface area contributed by atoms with Gasteiger partial charge in [0.1, 0.15) is 0 Å². The van der Waals surface area contributed by atoms with Crippen molar-refractivity contribution in [3.63, 3.8) is 0 Å². The zero-order valence-electron chi connectivity index (χ0n) is 12.9. The van der Waals surface area contributed by atoms with Gasteiger partial charge in [0.15, 0.2) is 0 Å². The Bertz CT molecular complexity index is 247. The summed E-state index contributed by atoms with van der Waals surface area (Å²) in [5.74, 6) is 1.95. The van der Waals surface area contributed by atoms with Gasteiger partial charge in [0, 0.05) is 20.0 Å². The van der Waals surface area contributed by atoms with Crippen LogP contribution in [0.4, 0.5) is 0 Å². The minimum Gasteiger partial charge on any atom is -0.345 e. The van der Waals surface area contributed by atoms with Crippen molar-refractivity contribution in [3.05, 3.63) is 0 Å². The van der Waals surface area contributed by atoms with Crippen LogP contribution in [-0.4, -0.2) is 30.9 Å². The van der Waals surface area contributed by atoms with E-state index in [2.05, 4.69) is 6.92 Å². The molecule has 0 aromatic heterocycles. The Balaban J connectivity index is 2.10. The van der Waals surface area contributed by atoms with Crippen LogP contribution >= 0.6 is 0 Å². The Hall–Kier alpha value is -0.570. The lowest BCUT2D eigenvalue weighted by molar-refractivity contribution is -0.130. The summed E-state index contributed by atoms with van der Waals surface area (Å²) in [5.41, 5.74) is 5.46. The van der Waals surface area contributed by atoms with Crippen LogP contribution in [0, 0.1) is 11.8 Å². The second-order valence-electron chi connectivity index (χ2n) is 6.35. The van der Waals surface area contributed by atoms with Crippen LogP contribution < -0.4 is 5.73 Å². The fourth-order valence-electron chi connectivity index (χ4n) is 2.97. The second kappa shape index (κ2) is 9.35. The standard InChI is InChI=1S/C16H32N2O/c1-14-8-10-15(11-9-14)13-18(2)16(19)7-5-3-4-6-12-17/h14-15H,3-13,17H2,1-2H3. The molecule has 0 heterocycles. The van der Waals surface area contributed by atoms with Gasteiger partial charge in [-0.15, -0.1) is 0 Å². The van der Waals surface area contributed by atoms with Crippen molar-refractivity contribution in [2.75, 3.05) is 20.1 Å². The van der Waals surface area contributed by atoms with Gasteiger partial charge >= 0.3 is 0 Å². The van der Waals surface area contributed by atoms with E-state index in [1.54, 1.807) is 0 Å². The molecule has 2 N–H and O–H groups in total. The largest absolute Gasteiger partial charge is 0.345 e. The van der Waals surface area contributed by atoms with E-state index in [1.165, 1.54) is 25.7 Å². The summed E-state index contributed by atoms with van der Waals surface area (Å²) in [6.07, 6.45) is 10.4. The second-order valence-corrected chi connectivity index (χ2v) is 6.35. The molecule has 0 aromatic rings. The van der Waals surface area contributed by atoms with E-state index >= 15 is 0 Å². The van der Waals surface area contributed by atoms with Gasteiger partial charge in [0.2, 0.25) is 5.91 Å². The maximum absolute atomic E-state index is 12.0. The number of hydrogen-bond donors (Lipinski definition) is 1. The molecule has 112 valence electrons. The van der Waals surface area contributed by atoms with Gasteiger partial charge in [-0.2, -0.15) is 0 Å². The number of nitrogens with two attached hydrogens (primary N) is 1. The molecule has 0 radical (unpaired) electrons. The first-order valence-corrected chi connectivity index (χ1v) is 8.07. The van der Waals surface area contributed by atoms with Crippen LogP contribution in [0.3, 0.4) is 0 Å². The van der Waals surface area contributed by atoms with Crippen LogP contribution in [0.25, 0.3) is 0 Å². The van der Waals surface area contributed by atoms with E-state index in [4.69, 9.17) is 5.73 Å². The van der Waals surface area contributed by atoms with Crippen molar-refractivity contribution in [1.82, 2.24) is 4.90 Å². The molecule has 0 unspecified atom stereocenters. The topological polar surface area (TPSA) is 46.3 Å². The molecule has 1 aliphatic rings. The number of hydrogen-bond acceptors (Lipinski definition) is 2. The number of carbonyl (C=O) groups is 1. The Kier molecular flexibility index (Phi) is 8.11. The molecule has 0 aliphatic heterocycles. The van der Waals surface area contributed by atoms with E-state index in [9.17, 15) is 4.79 Å². The minimum absolute atomic E-state index is 0.325. The molecule has 0 saturated heterocycles. The van der Waals surface area contributed by atoms with Crippen molar-refractivity contribution < 1.29 is 4.79 Å². The normalized spacial score (nSPS) is 23.3. The van der Waals surface area contributed by atoms with E-state index in [1.807, 2.05) is 11.9 Å². The molecule has 1 saturated carbocycles. The quantitative estimate of drug-likeness (QED) is 0.687. The highest BCUT2D eigenvalue weighted by Crippen LogP contribution is 2.28. The summed E-state index contributed by atoms with van der Waals surface area (Å²) >= 11 is 0. The van der Waals surface area contributed by atoms with Gasteiger partial charge in [-0.05, 0) is 44.1 Å². The predicted molar refractivity (Wildman–Crippen MR) is 80.9 cm³/mol. The first-order valence-electron chi connectivity index (χ1n) is 8.07. The SMILES string of the molecule is CC1CCC(CN(C)C(=O)CCCCCCN)CC1. The predicted octanol–water partition coefficient (Wildman–Crippen LogP) is 3.18. The van der Waals surface area contributed by atoms with Gasteiger partial charge in [-0.3, -0.25) is 4.79 Å². The summed E-state index contributed by atoms with van der Waals surface area (Å²) < 4.78 is 0. The molecule has 3 nitrogen and oxygen atoms in total. The fourth-order valence-corrected chi connectivity index (χ4v) is 2.97. The van der Waals surface area contributed by atoms with Gasteiger partial charge in [0.05, 0.1) is 0 Å².